The first-order valence-electron chi connectivity index (χ1n) is 10.3. The normalized spacial score (nSPS) is 14.7. The molecule has 30 heavy (non-hydrogen) atoms. The Morgan fingerprint density at radius 1 is 1.13 bits per heavy atom. The van der Waals surface area contributed by atoms with Crippen LogP contribution in [0.25, 0.3) is 0 Å². The molecule has 1 aliphatic rings. The Labute approximate surface area is 183 Å². The fraction of sp³-hybridized carbons (Fsp3) is 0.455. The molecule has 1 aromatic heterocycles. The summed E-state index contributed by atoms with van der Waals surface area (Å²) in [5.41, 5.74) is 2.31. The van der Waals surface area contributed by atoms with Gasteiger partial charge in [0.1, 0.15) is 4.90 Å². The highest BCUT2D eigenvalue weighted by molar-refractivity contribution is 7.99. The Morgan fingerprint density at radius 2 is 1.83 bits per heavy atom. The fourth-order valence-corrected chi connectivity index (χ4v) is 5.59. The largest absolute Gasteiger partial charge is 0.338 e. The van der Waals surface area contributed by atoms with E-state index in [4.69, 9.17) is 0 Å². The Hall–Kier alpha value is -1.90. The van der Waals surface area contributed by atoms with Crippen molar-refractivity contribution in [1.82, 2.24) is 14.2 Å². The van der Waals surface area contributed by atoms with Crippen molar-refractivity contribution in [2.75, 3.05) is 25.4 Å². The summed E-state index contributed by atoms with van der Waals surface area (Å²) >= 11 is 1.34. The lowest BCUT2D eigenvalue weighted by atomic mass is 10.1. The number of aryl methyl sites for hydroxylation is 1. The molecule has 0 radical (unpaired) electrons. The summed E-state index contributed by atoms with van der Waals surface area (Å²) in [5.74, 6) is 0.329. The van der Waals surface area contributed by atoms with Crippen LogP contribution >= 0.6 is 11.8 Å². The topological polar surface area (TPSA) is 70.6 Å². The van der Waals surface area contributed by atoms with Crippen LogP contribution in [0.3, 0.4) is 0 Å². The smallest absolute Gasteiger partial charge is 0.244 e. The van der Waals surface area contributed by atoms with E-state index >= 15 is 0 Å². The fourth-order valence-electron chi connectivity index (χ4n) is 3.38. The highest BCUT2D eigenvalue weighted by atomic mass is 32.2. The number of carbonyl (C=O) groups excluding carboxylic acids is 1. The second kappa shape index (κ2) is 10.4. The van der Waals surface area contributed by atoms with Gasteiger partial charge in [0.25, 0.3) is 0 Å². The lowest BCUT2D eigenvalue weighted by Crippen LogP contribution is -2.32. The molecule has 0 atom stereocenters. The maximum atomic E-state index is 12.8. The van der Waals surface area contributed by atoms with Gasteiger partial charge in [-0.1, -0.05) is 48.5 Å². The number of thioether (sulfide) groups is 1. The van der Waals surface area contributed by atoms with Gasteiger partial charge < -0.3 is 4.90 Å². The summed E-state index contributed by atoms with van der Waals surface area (Å²) in [6.45, 7) is 6.54. The molecular weight excluding hydrogens is 418 g/mol. The Kier molecular flexibility index (Phi) is 7.91. The maximum absolute atomic E-state index is 12.8. The van der Waals surface area contributed by atoms with Crippen molar-refractivity contribution in [2.45, 2.75) is 49.6 Å². The van der Waals surface area contributed by atoms with Gasteiger partial charge in [-0.25, -0.2) is 13.4 Å². The minimum atomic E-state index is -3.46. The molecule has 1 aromatic carbocycles. The molecule has 1 aliphatic heterocycles. The number of pyridine rings is 1. The number of sulfonamides is 1. The zero-order valence-corrected chi connectivity index (χ0v) is 19.2. The van der Waals surface area contributed by atoms with Crippen LogP contribution in [0.5, 0.6) is 0 Å². The first-order valence-corrected chi connectivity index (χ1v) is 12.7. The molecule has 1 amide bonds. The molecule has 8 heteroatoms. The molecule has 1 fully saturated rings. The summed E-state index contributed by atoms with van der Waals surface area (Å²) in [6, 6.07) is 11.5. The van der Waals surface area contributed by atoms with Crippen molar-refractivity contribution >= 4 is 27.7 Å². The molecule has 0 spiro atoms. The summed E-state index contributed by atoms with van der Waals surface area (Å²) in [6.07, 6.45) is 4.10. The lowest BCUT2D eigenvalue weighted by Gasteiger charge is -2.22. The maximum Gasteiger partial charge on any atom is 0.244 e. The predicted octanol–water partition coefficient (Wildman–Crippen LogP) is 3.71. The van der Waals surface area contributed by atoms with Gasteiger partial charge in [0.15, 0.2) is 0 Å². The molecule has 0 aliphatic carbocycles. The van der Waals surface area contributed by atoms with Gasteiger partial charge in [0.05, 0.1) is 10.8 Å². The molecular formula is C22H29N3O3S2. The van der Waals surface area contributed by atoms with E-state index in [1.165, 1.54) is 27.8 Å². The Bertz CT molecular complexity index is 939. The van der Waals surface area contributed by atoms with Gasteiger partial charge in [-0.15, -0.1) is 0 Å². The van der Waals surface area contributed by atoms with E-state index in [0.29, 0.717) is 31.2 Å². The molecule has 0 unspecified atom stereocenters. The van der Waals surface area contributed by atoms with Gasteiger partial charge in [0, 0.05) is 32.4 Å². The van der Waals surface area contributed by atoms with Crippen LogP contribution in [0.4, 0.5) is 0 Å². The van der Waals surface area contributed by atoms with E-state index in [0.717, 1.165) is 24.8 Å². The molecule has 0 N–H and O–H groups in total. The van der Waals surface area contributed by atoms with E-state index in [1.807, 2.05) is 11.8 Å². The number of hydrogen-bond acceptors (Lipinski definition) is 5. The number of benzene rings is 1. The molecule has 6 nitrogen and oxygen atoms in total. The third-order valence-corrected chi connectivity index (χ3v) is 7.91. The van der Waals surface area contributed by atoms with Gasteiger partial charge in [0.2, 0.25) is 15.9 Å². The number of rotatable bonds is 9. The first-order chi connectivity index (χ1) is 14.4. The first kappa shape index (κ1) is 22.8. The van der Waals surface area contributed by atoms with Gasteiger partial charge in [-0.2, -0.15) is 4.31 Å². The van der Waals surface area contributed by atoms with Gasteiger partial charge in [-0.05, 0) is 43.9 Å². The second-order valence-corrected chi connectivity index (χ2v) is 10.5. The average molecular weight is 448 g/mol. The van der Waals surface area contributed by atoms with Crippen molar-refractivity contribution in [3.63, 3.8) is 0 Å². The van der Waals surface area contributed by atoms with E-state index in [-0.39, 0.29) is 16.6 Å². The third kappa shape index (κ3) is 5.83. The Morgan fingerprint density at radius 3 is 2.43 bits per heavy atom. The van der Waals surface area contributed by atoms with Crippen LogP contribution in [-0.2, 0) is 21.4 Å². The number of aromatic nitrogens is 1. The predicted molar refractivity (Wildman–Crippen MR) is 120 cm³/mol. The van der Waals surface area contributed by atoms with Crippen molar-refractivity contribution in [3.8, 4) is 0 Å². The molecule has 162 valence electrons. The van der Waals surface area contributed by atoms with E-state index < -0.39 is 10.0 Å². The summed E-state index contributed by atoms with van der Waals surface area (Å²) in [5, 5.41) is 0.649. The standard InChI is InChI=1S/C22H29N3O3S2/c1-3-12-24(16-19-8-6-18(2)7-9-19)22(26)17-29-21-11-10-20(15-23-21)30(27,28)25-13-4-5-14-25/h6-11,15H,3-5,12-14,16-17H2,1-2H3. The summed E-state index contributed by atoms with van der Waals surface area (Å²) in [4.78, 5) is 19.1. The van der Waals surface area contributed by atoms with Crippen molar-refractivity contribution in [1.29, 1.82) is 0 Å². The van der Waals surface area contributed by atoms with Crippen LogP contribution in [-0.4, -0.2) is 53.9 Å². The molecule has 0 saturated carbocycles. The molecule has 2 heterocycles. The van der Waals surface area contributed by atoms with Crippen LogP contribution in [0.1, 0.15) is 37.3 Å². The number of hydrogen-bond donors (Lipinski definition) is 0. The van der Waals surface area contributed by atoms with Crippen molar-refractivity contribution in [3.05, 3.63) is 53.7 Å². The minimum absolute atomic E-state index is 0.0537. The van der Waals surface area contributed by atoms with E-state index in [1.54, 1.807) is 12.1 Å². The van der Waals surface area contributed by atoms with Crippen molar-refractivity contribution < 1.29 is 13.2 Å². The zero-order valence-electron chi connectivity index (χ0n) is 17.6. The summed E-state index contributed by atoms with van der Waals surface area (Å²) < 4.78 is 26.7. The van der Waals surface area contributed by atoms with Gasteiger partial charge >= 0.3 is 0 Å². The SMILES string of the molecule is CCCN(Cc1ccc(C)cc1)C(=O)CSc1ccc(S(=O)(=O)N2CCCC2)cn1. The number of carbonyl (C=O) groups is 1. The summed E-state index contributed by atoms with van der Waals surface area (Å²) in [7, 11) is -3.46. The van der Waals surface area contributed by atoms with Crippen molar-refractivity contribution in [2.24, 2.45) is 0 Å². The lowest BCUT2D eigenvalue weighted by molar-refractivity contribution is -0.129. The molecule has 3 rings (SSSR count). The average Bonchev–Trinajstić information content (AvgIpc) is 3.29. The molecule has 2 aromatic rings. The van der Waals surface area contributed by atoms with E-state index in [9.17, 15) is 13.2 Å². The minimum Gasteiger partial charge on any atom is -0.338 e. The third-order valence-electron chi connectivity index (χ3n) is 5.10. The van der Waals surface area contributed by atoms with Crippen LogP contribution < -0.4 is 0 Å². The van der Waals surface area contributed by atoms with Crippen LogP contribution in [0.2, 0.25) is 0 Å². The van der Waals surface area contributed by atoms with Gasteiger partial charge in [-0.3, -0.25) is 4.79 Å². The second-order valence-electron chi connectivity index (χ2n) is 7.53. The zero-order chi connectivity index (χ0) is 21.6. The highest BCUT2D eigenvalue weighted by Gasteiger charge is 2.27. The van der Waals surface area contributed by atoms with Crippen LogP contribution in [0, 0.1) is 6.92 Å². The Balaban J connectivity index is 1.59. The molecule has 1 saturated heterocycles. The van der Waals surface area contributed by atoms with E-state index in [2.05, 4.69) is 36.2 Å². The molecule has 0 bridgehead atoms. The monoisotopic (exact) mass is 447 g/mol. The highest BCUT2D eigenvalue weighted by Crippen LogP contribution is 2.23. The number of amides is 1. The quantitative estimate of drug-likeness (QED) is 0.548. The van der Waals surface area contributed by atoms with Crippen LogP contribution in [0.15, 0.2) is 52.5 Å². The number of nitrogens with zero attached hydrogens (tertiary/aromatic N) is 3.